The summed E-state index contributed by atoms with van der Waals surface area (Å²) in [4.78, 5) is 36.6. The van der Waals surface area contributed by atoms with Crippen LogP contribution < -0.4 is 0 Å². The normalized spacial score (nSPS) is 46.5. The van der Waals surface area contributed by atoms with Crippen molar-refractivity contribution < 1.29 is 47.5 Å². The van der Waals surface area contributed by atoms with Crippen LogP contribution in [0.5, 0.6) is 0 Å². The Labute approximate surface area is 191 Å². The molecule has 5 rings (SSSR count). The summed E-state index contributed by atoms with van der Waals surface area (Å²) < 4.78 is 40.9. The zero-order valence-electron chi connectivity index (χ0n) is 19.1. The van der Waals surface area contributed by atoms with Crippen molar-refractivity contribution in [1.82, 2.24) is 0 Å². The minimum atomic E-state index is -1.23. The summed E-state index contributed by atoms with van der Waals surface area (Å²) >= 11 is 0. The number of cyclic esters (lactones) is 2. The van der Waals surface area contributed by atoms with Crippen molar-refractivity contribution in [3.8, 4) is 0 Å². The van der Waals surface area contributed by atoms with Crippen molar-refractivity contribution in [3.63, 3.8) is 0 Å². The highest BCUT2D eigenvalue weighted by molar-refractivity contribution is 5.86. The smallest absolute Gasteiger partial charge is 0.333 e. The third kappa shape index (κ3) is 3.77. The number of hydrogen-bond donors (Lipinski definition) is 0. The lowest BCUT2D eigenvalue weighted by molar-refractivity contribution is -0.249. The van der Waals surface area contributed by atoms with E-state index in [-0.39, 0.29) is 30.0 Å². The van der Waals surface area contributed by atoms with Crippen LogP contribution >= 0.6 is 0 Å². The third-order valence-corrected chi connectivity index (χ3v) is 7.54. The molecule has 0 aliphatic carbocycles. The lowest BCUT2D eigenvalue weighted by atomic mass is 9.79. The Morgan fingerprint density at radius 2 is 1.70 bits per heavy atom. The van der Waals surface area contributed by atoms with E-state index in [1.165, 1.54) is 0 Å². The van der Waals surface area contributed by atoms with Crippen LogP contribution in [-0.4, -0.2) is 73.7 Å². The van der Waals surface area contributed by atoms with Crippen LogP contribution in [0, 0.1) is 17.8 Å². The molecule has 0 radical (unpaired) electrons. The van der Waals surface area contributed by atoms with Crippen LogP contribution in [0.3, 0.4) is 0 Å². The quantitative estimate of drug-likeness (QED) is 0.333. The Morgan fingerprint density at radius 3 is 2.30 bits per heavy atom. The van der Waals surface area contributed by atoms with E-state index in [0.29, 0.717) is 32.5 Å². The maximum absolute atomic E-state index is 12.4. The van der Waals surface area contributed by atoms with Gasteiger partial charge in [-0.1, -0.05) is 6.58 Å². The monoisotopic (exact) mass is 466 g/mol. The summed E-state index contributed by atoms with van der Waals surface area (Å²) in [7, 11) is 0. The topological polar surface area (TPSA) is 116 Å². The molecule has 0 aromatic heterocycles. The third-order valence-electron chi connectivity index (χ3n) is 7.54. The Kier molecular flexibility index (Phi) is 5.55. The molecule has 4 unspecified atom stereocenters. The summed E-state index contributed by atoms with van der Waals surface area (Å²) in [5.74, 6) is -3.59. The number of carbonyl (C=O) groups is 3. The summed E-state index contributed by atoms with van der Waals surface area (Å²) in [6.45, 7) is 9.45. The van der Waals surface area contributed by atoms with E-state index in [2.05, 4.69) is 6.58 Å². The second-order valence-electron chi connectivity index (χ2n) is 9.92. The van der Waals surface area contributed by atoms with Gasteiger partial charge >= 0.3 is 17.9 Å². The predicted molar refractivity (Wildman–Crippen MR) is 108 cm³/mol. The molecule has 5 aliphatic heterocycles. The van der Waals surface area contributed by atoms with Gasteiger partial charge in [-0.2, -0.15) is 0 Å². The Bertz CT molecular complexity index is 871. The Morgan fingerprint density at radius 1 is 1.03 bits per heavy atom. The number of hydrogen-bond acceptors (Lipinski definition) is 10. The number of fused-ring (bicyclic) bond motifs is 3. The molecule has 5 aliphatic rings. The Balaban J connectivity index is 1.40. The van der Waals surface area contributed by atoms with Crippen molar-refractivity contribution in [2.75, 3.05) is 19.8 Å². The first-order valence-corrected chi connectivity index (χ1v) is 11.5. The SMILES string of the molecule is C=C(C)C(=O)OC[C@H]1O[C@H]2OC(C)(C3CCOC3=O)O[C@@H]2[C@H]2OC(C)(C3CCOC3=O)C[C@H]21. The predicted octanol–water partition coefficient (Wildman–Crippen LogP) is 1.25. The van der Waals surface area contributed by atoms with Crippen LogP contribution in [-0.2, 0) is 47.5 Å². The zero-order valence-corrected chi connectivity index (χ0v) is 19.1. The van der Waals surface area contributed by atoms with E-state index < -0.39 is 53.8 Å². The molecule has 0 bridgehead atoms. The first-order valence-electron chi connectivity index (χ1n) is 11.5. The van der Waals surface area contributed by atoms with Gasteiger partial charge in [0.1, 0.15) is 24.7 Å². The standard InChI is InChI=1S/C23H30O10/c1-11(2)18(24)29-10-15-12-9-22(3,13-5-7-27-19(13)25)31-16(12)17-21(30-15)33-23(4,32-17)14-6-8-28-20(14)26/h12-17,21H,1,5-10H2,2-4H3/t12-,13?,14?,15+,16-,17+,21-,22?,23?/m0/s1. The van der Waals surface area contributed by atoms with Crippen molar-refractivity contribution >= 4 is 17.9 Å². The highest BCUT2D eigenvalue weighted by atomic mass is 16.8. The fourth-order valence-corrected chi connectivity index (χ4v) is 5.79. The molecule has 9 atom stereocenters. The molecule has 0 aromatic carbocycles. The molecule has 33 heavy (non-hydrogen) atoms. The van der Waals surface area contributed by atoms with Crippen LogP contribution in [0.25, 0.3) is 0 Å². The average molecular weight is 466 g/mol. The average Bonchev–Trinajstić information content (AvgIpc) is 3.51. The van der Waals surface area contributed by atoms with Gasteiger partial charge in [-0.25, -0.2) is 4.79 Å². The lowest BCUT2D eigenvalue weighted by Gasteiger charge is -2.38. The molecular weight excluding hydrogens is 436 g/mol. The number of esters is 3. The minimum absolute atomic E-state index is 0.0177. The van der Waals surface area contributed by atoms with E-state index in [1.54, 1.807) is 13.8 Å². The molecule has 182 valence electrons. The van der Waals surface area contributed by atoms with Gasteiger partial charge < -0.3 is 33.2 Å². The van der Waals surface area contributed by atoms with Crippen LogP contribution in [0.4, 0.5) is 0 Å². The zero-order chi connectivity index (χ0) is 23.5. The molecular formula is C23H30O10. The number of rotatable bonds is 5. The first-order chi connectivity index (χ1) is 15.6. The van der Waals surface area contributed by atoms with Crippen molar-refractivity contribution in [2.45, 2.75) is 76.0 Å². The van der Waals surface area contributed by atoms with Gasteiger partial charge in [-0.05, 0) is 33.6 Å². The van der Waals surface area contributed by atoms with E-state index in [9.17, 15) is 14.4 Å². The Hall–Kier alpha value is -2.01. The largest absolute Gasteiger partial charge is 0.465 e. The second-order valence-corrected chi connectivity index (χ2v) is 9.92. The maximum Gasteiger partial charge on any atom is 0.333 e. The molecule has 0 saturated carbocycles. The van der Waals surface area contributed by atoms with Gasteiger partial charge in [-0.15, -0.1) is 0 Å². The van der Waals surface area contributed by atoms with Gasteiger partial charge in [0.25, 0.3) is 0 Å². The summed E-state index contributed by atoms with van der Waals surface area (Å²) in [6, 6.07) is 0. The highest BCUT2D eigenvalue weighted by Gasteiger charge is 2.65. The summed E-state index contributed by atoms with van der Waals surface area (Å²) in [5, 5.41) is 0. The fourth-order valence-electron chi connectivity index (χ4n) is 5.79. The summed E-state index contributed by atoms with van der Waals surface area (Å²) in [5.41, 5.74) is -0.499. The van der Waals surface area contributed by atoms with Crippen molar-refractivity contribution in [3.05, 3.63) is 12.2 Å². The van der Waals surface area contributed by atoms with Gasteiger partial charge in [0.15, 0.2) is 12.1 Å². The van der Waals surface area contributed by atoms with Crippen LogP contribution in [0.1, 0.15) is 40.0 Å². The molecule has 10 nitrogen and oxygen atoms in total. The molecule has 0 spiro atoms. The molecule has 5 heterocycles. The molecule has 0 N–H and O–H groups in total. The molecule has 10 heteroatoms. The van der Waals surface area contributed by atoms with Crippen LogP contribution in [0.15, 0.2) is 12.2 Å². The molecule has 0 amide bonds. The van der Waals surface area contributed by atoms with Crippen molar-refractivity contribution in [1.29, 1.82) is 0 Å². The van der Waals surface area contributed by atoms with Gasteiger partial charge in [0, 0.05) is 17.9 Å². The lowest BCUT2D eigenvalue weighted by Crippen LogP contribution is -2.53. The highest BCUT2D eigenvalue weighted by Crippen LogP contribution is 2.53. The van der Waals surface area contributed by atoms with E-state index >= 15 is 0 Å². The fraction of sp³-hybridized carbons (Fsp3) is 0.783. The molecule has 0 aromatic rings. The maximum atomic E-state index is 12.4. The molecule has 5 fully saturated rings. The van der Waals surface area contributed by atoms with Gasteiger partial charge in [-0.3, -0.25) is 9.59 Å². The first kappa shape index (κ1) is 22.8. The van der Waals surface area contributed by atoms with E-state index in [1.807, 2.05) is 6.92 Å². The minimum Gasteiger partial charge on any atom is -0.465 e. The van der Waals surface area contributed by atoms with Gasteiger partial charge in [0.05, 0.1) is 30.8 Å². The number of carbonyl (C=O) groups excluding carboxylic acids is 3. The van der Waals surface area contributed by atoms with E-state index in [4.69, 9.17) is 33.2 Å². The second kappa shape index (κ2) is 8.04. The summed E-state index contributed by atoms with van der Waals surface area (Å²) in [6.07, 6.45) is -0.898. The van der Waals surface area contributed by atoms with Crippen molar-refractivity contribution in [2.24, 2.45) is 17.8 Å². The van der Waals surface area contributed by atoms with E-state index in [0.717, 1.165) is 0 Å². The number of ether oxygens (including phenoxy) is 7. The van der Waals surface area contributed by atoms with Gasteiger partial charge in [0.2, 0.25) is 0 Å². The van der Waals surface area contributed by atoms with Crippen LogP contribution in [0.2, 0.25) is 0 Å². The molecule has 5 saturated heterocycles.